The third kappa shape index (κ3) is 8.24. The molecule has 13 heteroatoms. The fourth-order valence-electron chi connectivity index (χ4n) is 5.35. The summed E-state index contributed by atoms with van der Waals surface area (Å²) in [5.41, 5.74) is 0.928. The number of likely N-dealkylation sites (N-methyl/N-ethyl adjacent to an activating group) is 1. The number of nitrogens with one attached hydrogen (secondary N) is 3. The highest BCUT2D eigenvalue weighted by molar-refractivity contribution is 7.80. The lowest BCUT2D eigenvalue weighted by atomic mass is 9.99. The SMILES string of the molecule is CN1CC(N2CCC(N(C)C(=O)Nc3cc(Oc4ccc(NC(=S)NC(=O)Cc5ccc(F)cc5)cc4F)ccn3)CC2)C1. The van der Waals surface area contributed by atoms with E-state index in [1.807, 2.05) is 0 Å². The summed E-state index contributed by atoms with van der Waals surface area (Å²) < 4.78 is 33.7. The largest absolute Gasteiger partial charge is 0.454 e. The molecule has 0 unspecified atom stereocenters. The molecule has 0 bridgehead atoms. The van der Waals surface area contributed by atoms with Crippen LogP contribution in [-0.4, -0.2) is 89.1 Å². The standard InChI is InChI=1S/C31H35F2N7O3S/c1-38-18-24(19-38)40-13-10-23(11-14-40)39(2)31(42)36-28-17-25(9-12-34-28)43-27-8-7-22(16-26(27)33)35-30(44)37-29(41)15-20-3-5-21(32)6-4-20/h3-9,12,16-17,23-24H,10-11,13-15,18-19H2,1-2H3,(H,34,36,42)(H2,35,37,41,44). The Hall–Kier alpha value is -4.20. The maximum atomic E-state index is 14.9. The summed E-state index contributed by atoms with van der Waals surface area (Å²) in [6, 6.07) is 13.3. The second kappa shape index (κ2) is 14.1. The minimum absolute atomic E-state index is 0.00573. The summed E-state index contributed by atoms with van der Waals surface area (Å²) in [5.74, 6) is -0.929. The quantitative estimate of drug-likeness (QED) is 0.317. The first-order valence-corrected chi connectivity index (χ1v) is 14.8. The fourth-order valence-corrected chi connectivity index (χ4v) is 5.58. The highest BCUT2D eigenvalue weighted by Gasteiger charge is 2.33. The Kier molecular flexibility index (Phi) is 9.98. The molecule has 232 valence electrons. The number of hydrogen-bond donors (Lipinski definition) is 3. The number of hydrogen-bond acceptors (Lipinski definition) is 7. The number of amides is 3. The Morgan fingerprint density at radius 1 is 1.05 bits per heavy atom. The number of benzene rings is 2. The molecule has 3 N–H and O–H groups in total. The van der Waals surface area contributed by atoms with Crippen molar-refractivity contribution in [3.05, 3.63) is 78.0 Å². The first kappa shape index (κ1) is 31.2. The van der Waals surface area contributed by atoms with Crippen LogP contribution in [-0.2, 0) is 11.2 Å². The number of halogens is 2. The van der Waals surface area contributed by atoms with E-state index in [2.05, 4.69) is 37.8 Å². The molecule has 2 fully saturated rings. The third-order valence-electron chi connectivity index (χ3n) is 7.84. The van der Waals surface area contributed by atoms with Gasteiger partial charge in [0.05, 0.1) is 6.42 Å². The van der Waals surface area contributed by atoms with Crippen LogP contribution in [0.1, 0.15) is 18.4 Å². The molecule has 0 spiro atoms. The van der Waals surface area contributed by atoms with Gasteiger partial charge in [0.15, 0.2) is 16.7 Å². The van der Waals surface area contributed by atoms with E-state index >= 15 is 0 Å². The normalized spacial score (nSPS) is 16.1. The molecule has 0 saturated carbocycles. The van der Waals surface area contributed by atoms with Gasteiger partial charge in [-0.05, 0) is 68.0 Å². The molecule has 3 amide bonds. The molecule has 2 saturated heterocycles. The van der Waals surface area contributed by atoms with Crippen molar-refractivity contribution in [2.24, 2.45) is 0 Å². The van der Waals surface area contributed by atoms with Crippen LogP contribution in [0.5, 0.6) is 11.5 Å². The molecule has 0 atom stereocenters. The van der Waals surface area contributed by atoms with Gasteiger partial charge in [0.1, 0.15) is 17.4 Å². The Balaban J connectivity index is 1.10. The Labute approximate surface area is 260 Å². The van der Waals surface area contributed by atoms with Crippen molar-refractivity contribution in [1.29, 1.82) is 0 Å². The zero-order chi connectivity index (χ0) is 31.2. The van der Waals surface area contributed by atoms with E-state index in [4.69, 9.17) is 17.0 Å². The van der Waals surface area contributed by atoms with Crippen molar-refractivity contribution in [1.82, 2.24) is 25.0 Å². The fraction of sp³-hybridized carbons (Fsp3) is 0.355. The van der Waals surface area contributed by atoms with Gasteiger partial charge in [0.2, 0.25) is 5.91 Å². The Morgan fingerprint density at radius 2 is 1.77 bits per heavy atom. The Morgan fingerprint density at radius 3 is 2.45 bits per heavy atom. The number of pyridine rings is 1. The van der Waals surface area contributed by atoms with E-state index in [1.54, 1.807) is 24.1 Å². The van der Waals surface area contributed by atoms with Gasteiger partial charge in [-0.3, -0.25) is 15.0 Å². The molecule has 2 aliphatic rings. The molecule has 10 nitrogen and oxygen atoms in total. The van der Waals surface area contributed by atoms with Crippen LogP contribution >= 0.6 is 12.2 Å². The van der Waals surface area contributed by atoms with Crippen molar-refractivity contribution in [2.75, 3.05) is 50.9 Å². The molecule has 3 heterocycles. The predicted molar refractivity (Wildman–Crippen MR) is 168 cm³/mol. The first-order chi connectivity index (χ1) is 21.1. The third-order valence-corrected chi connectivity index (χ3v) is 8.05. The average molecular weight is 624 g/mol. The highest BCUT2D eigenvalue weighted by Crippen LogP contribution is 2.28. The van der Waals surface area contributed by atoms with Gasteiger partial charge < -0.3 is 25.2 Å². The topological polar surface area (TPSA) is 102 Å². The smallest absolute Gasteiger partial charge is 0.323 e. The maximum Gasteiger partial charge on any atom is 0.323 e. The van der Waals surface area contributed by atoms with E-state index in [1.165, 1.54) is 48.7 Å². The summed E-state index contributed by atoms with van der Waals surface area (Å²) in [5, 5.41) is 8.07. The van der Waals surface area contributed by atoms with E-state index in [9.17, 15) is 18.4 Å². The van der Waals surface area contributed by atoms with Crippen LogP contribution in [0.15, 0.2) is 60.8 Å². The molecule has 44 heavy (non-hydrogen) atoms. The minimum Gasteiger partial charge on any atom is -0.454 e. The number of anilines is 2. The second-order valence-corrected chi connectivity index (χ2v) is 11.5. The number of likely N-dealkylation sites (tertiary alicyclic amines) is 2. The number of nitrogens with zero attached hydrogens (tertiary/aromatic N) is 4. The zero-order valence-electron chi connectivity index (χ0n) is 24.6. The van der Waals surface area contributed by atoms with Gasteiger partial charge >= 0.3 is 6.03 Å². The minimum atomic E-state index is -0.669. The summed E-state index contributed by atoms with van der Waals surface area (Å²) in [6.07, 6.45) is 3.31. The van der Waals surface area contributed by atoms with E-state index in [0.29, 0.717) is 23.0 Å². The number of thiocarbonyl (C=S) groups is 1. The number of carbonyl (C=O) groups is 2. The second-order valence-electron chi connectivity index (χ2n) is 11.1. The molecule has 0 radical (unpaired) electrons. The van der Waals surface area contributed by atoms with Gasteiger partial charge in [0.25, 0.3) is 0 Å². The van der Waals surface area contributed by atoms with Crippen LogP contribution in [0.2, 0.25) is 0 Å². The van der Waals surface area contributed by atoms with Crippen molar-refractivity contribution >= 4 is 40.8 Å². The monoisotopic (exact) mass is 623 g/mol. The molecule has 0 aliphatic carbocycles. The molecule has 5 rings (SSSR count). The molecule has 2 aromatic carbocycles. The lowest BCUT2D eigenvalue weighted by Crippen LogP contribution is -2.60. The summed E-state index contributed by atoms with van der Waals surface area (Å²) in [6.45, 7) is 4.15. The lowest BCUT2D eigenvalue weighted by Gasteiger charge is -2.47. The van der Waals surface area contributed by atoms with E-state index in [-0.39, 0.29) is 41.0 Å². The van der Waals surface area contributed by atoms with Gasteiger partial charge in [-0.2, -0.15) is 0 Å². The molecule has 3 aromatic rings. The number of urea groups is 1. The number of piperidine rings is 1. The number of aromatic nitrogens is 1. The number of carbonyl (C=O) groups excluding carboxylic acids is 2. The van der Waals surface area contributed by atoms with Crippen LogP contribution in [0, 0.1) is 11.6 Å². The van der Waals surface area contributed by atoms with Crippen molar-refractivity contribution in [2.45, 2.75) is 31.3 Å². The van der Waals surface area contributed by atoms with Crippen molar-refractivity contribution < 1.29 is 23.1 Å². The number of rotatable bonds is 8. The van der Waals surface area contributed by atoms with Gasteiger partial charge in [-0.25, -0.2) is 18.6 Å². The molecule has 2 aliphatic heterocycles. The maximum absolute atomic E-state index is 14.9. The highest BCUT2D eigenvalue weighted by atomic mass is 32.1. The molecule has 1 aromatic heterocycles. The van der Waals surface area contributed by atoms with Crippen LogP contribution in [0.3, 0.4) is 0 Å². The summed E-state index contributed by atoms with van der Waals surface area (Å²) in [4.78, 5) is 35.9. The van der Waals surface area contributed by atoms with Crippen LogP contribution in [0.4, 0.5) is 25.1 Å². The average Bonchev–Trinajstić information content (AvgIpc) is 2.98. The number of ether oxygens (including phenoxy) is 1. The van der Waals surface area contributed by atoms with E-state index < -0.39 is 11.7 Å². The molecular formula is C31H35F2N7O3S. The van der Waals surface area contributed by atoms with E-state index in [0.717, 1.165) is 39.0 Å². The predicted octanol–water partition coefficient (Wildman–Crippen LogP) is 4.45. The van der Waals surface area contributed by atoms with Crippen molar-refractivity contribution in [3.63, 3.8) is 0 Å². The summed E-state index contributed by atoms with van der Waals surface area (Å²) in [7, 11) is 3.92. The first-order valence-electron chi connectivity index (χ1n) is 14.4. The molecular weight excluding hydrogens is 588 g/mol. The lowest BCUT2D eigenvalue weighted by molar-refractivity contribution is -0.119. The zero-order valence-corrected chi connectivity index (χ0v) is 25.4. The van der Waals surface area contributed by atoms with Gasteiger partial charge in [-0.1, -0.05) is 12.1 Å². The van der Waals surface area contributed by atoms with Gasteiger partial charge in [-0.15, -0.1) is 0 Å². The summed E-state index contributed by atoms with van der Waals surface area (Å²) >= 11 is 5.16. The van der Waals surface area contributed by atoms with Crippen molar-refractivity contribution in [3.8, 4) is 11.5 Å². The van der Waals surface area contributed by atoms with Gasteiger partial charge in [0, 0.05) is 69.3 Å². The Bertz CT molecular complexity index is 1500. The van der Waals surface area contributed by atoms with Crippen LogP contribution in [0.25, 0.3) is 0 Å². The van der Waals surface area contributed by atoms with Crippen LogP contribution < -0.4 is 20.7 Å².